The van der Waals surface area contributed by atoms with Crippen LogP contribution in [0, 0.1) is 11.3 Å². The second kappa shape index (κ2) is 10.9. The van der Waals surface area contributed by atoms with E-state index in [1.54, 1.807) is 73.7 Å². The first-order valence-corrected chi connectivity index (χ1v) is 11.8. The SMILES string of the molecule is CCOc1ccc(/C(O)=C2/C(=O)C(=O)N(c3ccc(C#N)cc3)C2c2cccc(OC)c2)c(OCC)c1. The van der Waals surface area contributed by atoms with Gasteiger partial charge < -0.3 is 19.3 Å². The van der Waals surface area contributed by atoms with Crippen LogP contribution in [0.5, 0.6) is 17.2 Å². The molecule has 0 bridgehead atoms. The molecule has 0 radical (unpaired) electrons. The van der Waals surface area contributed by atoms with Gasteiger partial charge in [0.05, 0.1) is 49.1 Å². The van der Waals surface area contributed by atoms with Gasteiger partial charge in [0.2, 0.25) is 0 Å². The summed E-state index contributed by atoms with van der Waals surface area (Å²) in [6.45, 7) is 4.42. The average Bonchev–Trinajstić information content (AvgIpc) is 3.19. The molecular weight excluding hydrogens is 472 g/mol. The number of rotatable bonds is 8. The summed E-state index contributed by atoms with van der Waals surface area (Å²) in [5, 5.41) is 20.7. The highest BCUT2D eigenvalue weighted by atomic mass is 16.5. The molecule has 8 heteroatoms. The maximum Gasteiger partial charge on any atom is 0.300 e. The van der Waals surface area contributed by atoms with Gasteiger partial charge >= 0.3 is 0 Å². The number of hydrogen-bond acceptors (Lipinski definition) is 7. The zero-order chi connectivity index (χ0) is 26.5. The number of ketones is 1. The molecule has 0 aromatic heterocycles. The Hall–Kier alpha value is -4.77. The molecule has 8 nitrogen and oxygen atoms in total. The summed E-state index contributed by atoms with van der Waals surface area (Å²) in [5.74, 6) is -0.619. The Morgan fingerprint density at radius 3 is 2.35 bits per heavy atom. The number of Topliss-reactive ketones (excluding diaryl/α,β-unsaturated/α-hetero) is 1. The maximum atomic E-state index is 13.4. The quantitative estimate of drug-likeness (QED) is 0.265. The van der Waals surface area contributed by atoms with Crippen molar-refractivity contribution in [1.29, 1.82) is 5.26 Å². The van der Waals surface area contributed by atoms with Crippen molar-refractivity contribution in [3.05, 3.63) is 89.0 Å². The number of benzene rings is 3. The van der Waals surface area contributed by atoms with Crippen molar-refractivity contribution in [3.63, 3.8) is 0 Å². The Balaban J connectivity index is 1.95. The molecule has 1 aliphatic heterocycles. The molecule has 1 amide bonds. The molecule has 188 valence electrons. The summed E-state index contributed by atoms with van der Waals surface area (Å²) in [6, 6.07) is 19.3. The monoisotopic (exact) mass is 498 g/mol. The number of aliphatic hydroxyl groups excluding tert-OH is 1. The van der Waals surface area contributed by atoms with Crippen molar-refractivity contribution in [2.75, 3.05) is 25.2 Å². The third kappa shape index (κ3) is 4.84. The molecule has 0 spiro atoms. The van der Waals surface area contributed by atoms with Crippen molar-refractivity contribution in [1.82, 2.24) is 0 Å². The molecule has 1 heterocycles. The minimum absolute atomic E-state index is 0.0901. The van der Waals surface area contributed by atoms with Gasteiger partial charge in [-0.05, 0) is 67.9 Å². The summed E-state index contributed by atoms with van der Waals surface area (Å²) in [6.07, 6.45) is 0. The van der Waals surface area contributed by atoms with Crippen molar-refractivity contribution in [2.24, 2.45) is 0 Å². The molecule has 3 aromatic rings. The largest absolute Gasteiger partial charge is 0.507 e. The first-order chi connectivity index (χ1) is 17.9. The van der Waals surface area contributed by atoms with Crippen LogP contribution in [-0.2, 0) is 9.59 Å². The lowest BCUT2D eigenvalue weighted by Gasteiger charge is -2.26. The van der Waals surface area contributed by atoms with Crippen molar-refractivity contribution in [2.45, 2.75) is 19.9 Å². The molecule has 1 fully saturated rings. The van der Waals surface area contributed by atoms with Crippen LogP contribution >= 0.6 is 0 Å². The zero-order valence-corrected chi connectivity index (χ0v) is 20.7. The highest BCUT2D eigenvalue weighted by Crippen LogP contribution is 2.44. The number of anilines is 1. The minimum Gasteiger partial charge on any atom is -0.507 e. The average molecular weight is 499 g/mol. The van der Waals surface area contributed by atoms with Gasteiger partial charge in [-0.15, -0.1) is 0 Å². The normalized spacial score (nSPS) is 16.4. The fourth-order valence-corrected chi connectivity index (χ4v) is 4.30. The Bertz CT molecular complexity index is 1400. The van der Waals surface area contributed by atoms with Crippen molar-refractivity contribution >= 4 is 23.1 Å². The number of ether oxygens (including phenoxy) is 3. The molecule has 1 aliphatic rings. The third-order valence-corrected chi connectivity index (χ3v) is 5.95. The van der Waals surface area contributed by atoms with Crippen LogP contribution in [0.2, 0.25) is 0 Å². The summed E-state index contributed by atoms with van der Waals surface area (Å²) in [4.78, 5) is 28.1. The van der Waals surface area contributed by atoms with E-state index in [0.29, 0.717) is 47.3 Å². The Morgan fingerprint density at radius 1 is 0.973 bits per heavy atom. The molecule has 0 aliphatic carbocycles. The van der Waals surface area contributed by atoms with Crippen molar-refractivity contribution in [3.8, 4) is 23.3 Å². The van der Waals surface area contributed by atoms with Gasteiger partial charge in [-0.3, -0.25) is 14.5 Å². The van der Waals surface area contributed by atoms with Crippen LogP contribution in [0.3, 0.4) is 0 Å². The number of hydrogen-bond donors (Lipinski definition) is 1. The molecule has 1 unspecified atom stereocenters. The third-order valence-electron chi connectivity index (χ3n) is 5.95. The molecule has 1 saturated heterocycles. The number of nitrogens with zero attached hydrogens (tertiary/aromatic N) is 2. The van der Waals surface area contributed by atoms with E-state index in [2.05, 4.69) is 0 Å². The van der Waals surface area contributed by atoms with E-state index in [-0.39, 0.29) is 16.9 Å². The van der Waals surface area contributed by atoms with E-state index in [0.717, 1.165) is 0 Å². The summed E-state index contributed by atoms with van der Waals surface area (Å²) < 4.78 is 16.7. The van der Waals surface area contributed by atoms with E-state index >= 15 is 0 Å². The Labute approximate surface area is 214 Å². The number of carbonyl (C=O) groups excluding carboxylic acids is 2. The van der Waals surface area contributed by atoms with Crippen LogP contribution in [0.25, 0.3) is 5.76 Å². The molecule has 0 saturated carbocycles. The second-order valence-electron chi connectivity index (χ2n) is 8.13. The number of methoxy groups -OCH3 is 1. The predicted molar refractivity (Wildman–Crippen MR) is 138 cm³/mol. The van der Waals surface area contributed by atoms with Crippen LogP contribution in [0.1, 0.15) is 36.6 Å². The molecule has 4 rings (SSSR count). The zero-order valence-electron chi connectivity index (χ0n) is 20.7. The topological polar surface area (TPSA) is 109 Å². The highest BCUT2D eigenvalue weighted by Gasteiger charge is 2.47. The van der Waals surface area contributed by atoms with Gasteiger partial charge in [0.1, 0.15) is 23.0 Å². The lowest BCUT2D eigenvalue weighted by atomic mass is 9.94. The van der Waals surface area contributed by atoms with Gasteiger partial charge in [0.25, 0.3) is 11.7 Å². The van der Waals surface area contributed by atoms with Crippen LogP contribution < -0.4 is 19.1 Å². The standard InChI is InChI=1S/C29H26N2O6/c1-4-36-22-13-14-23(24(16-22)37-5-2)27(32)25-26(19-7-6-8-21(15-19)35-3)31(29(34)28(25)33)20-11-9-18(17-30)10-12-20/h6-16,26,32H,4-5H2,1-3H3/b27-25-. The maximum absolute atomic E-state index is 13.4. The van der Waals surface area contributed by atoms with Gasteiger partial charge in [0, 0.05) is 11.8 Å². The molecule has 1 N–H and O–H groups in total. The van der Waals surface area contributed by atoms with Crippen LogP contribution in [0.15, 0.2) is 72.3 Å². The van der Waals surface area contributed by atoms with Gasteiger partial charge in [-0.2, -0.15) is 5.26 Å². The van der Waals surface area contributed by atoms with Crippen LogP contribution in [-0.4, -0.2) is 37.1 Å². The number of nitriles is 1. The lowest BCUT2D eigenvalue weighted by molar-refractivity contribution is -0.132. The lowest BCUT2D eigenvalue weighted by Crippen LogP contribution is -2.29. The summed E-state index contributed by atoms with van der Waals surface area (Å²) in [5.41, 5.74) is 1.55. The first-order valence-electron chi connectivity index (χ1n) is 11.8. The predicted octanol–water partition coefficient (Wildman–Crippen LogP) is 4.99. The Morgan fingerprint density at radius 2 is 1.70 bits per heavy atom. The summed E-state index contributed by atoms with van der Waals surface area (Å²) in [7, 11) is 1.52. The number of carbonyl (C=O) groups is 2. The van der Waals surface area contributed by atoms with Crippen LogP contribution in [0.4, 0.5) is 5.69 Å². The highest BCUT2D eigenvalue weighted by molar-refractivity contribution is 6.51. The molecule has 3 aromatic carbocycles. The smallest absolute Gasteiger partial charge is 0.300 e. The van der Waals surface area contributed by atoms with Gasteiger partial charge in [0.15, 0.2) is 0 Å². The fourth-order valence-electron chi connectivity index (χ4n) is 4.30. The fraction of sp³-hybridized carbons (Fsp3) is 0.207. The molecular formula is C29H26N2O6. The second-order valence-corrected chi connectivity index (χ2v) is 8.13. The first kappa shape index (κ1) is 25.3. The van der Waals surface area contributed by atoms with E-state index in [1.165, 1.54) is 12.0 Å². The number of aliphatic hydroxyl groups is 1. The van der Waals surface area contributed by atoms with Gasteiger partial charge in [-0.1, -0.05) is 12.1 Å². The van der Waals surface area contributed by atoms with E-state index in [4.69, 9.17) is 14.2 Å². The molecule has 37 heavy (non-hydrogen) atoms. The minimum atomic E-state index is -0.955. The molecule has 1 atom stereocenters. The van der Waals surface area contributed by atoms with Gasteiger partial charge in [-0.25, -0.2) is 0 Å². The van der Waals surface area contributed by atoms with Crippen molar-refractivity contribution < 1.29 is 28.9 Å². The summed E-state index contributed by atoms with van der Waals surface area (Å²) >= 11 is 0. The van der Waals surface area contributed by atoms with E-state index in [1.807, 2.05) is 13.0 Å². The Kier molecular flexibility index (Phi) is 7.44. The van der Waals surface area contributed by atoms with E-state index < -0.39 is 17.7 Å². The number of amides is 1. The van der Waals surface area contributed by atoms with E-state index in [9.17, 15) is 20.0 Å².